The summed E-state index contributed by atoms with van der Waals surface area (Å²) in [6, 6.07) is 7.74. The number of aliphatic imine (C=N–C) groups is 1. The molecule has 0 bridgehead atoms. The Balaban J connectivity index is 1.68. The van der Waals surface area contributed by atoms with Crippen LogP contribution in [0.5, 0.6) is 0 Å². The van der Waals surface area contributed by atoms with Crippen molar-refractivity contribution in [3.8, 4) is 0 Å². The molecule has 1 aliphatic heterocycles. The standard InChI is InChI=1S/C19H22ClN3OS2/c1-4-12-9-13-18(22-16(5-2)23-19(13)26-12)25-10-17(24)21-15-8-6-7-14(20)11(15)3/h6-9,18H,4-5,10H2,1-3H3,(H,21,24)(H,22,23). The number of amidine groups is 1. The molecule has 26 heavy (non-hydrogen) atoms. The molecule has 3 rings (SSSR count). The highest BCUT2D eigenvalue weighted by Gasteiger charge is 2.24. The molecule has 2 aromatic rings. The van der Waals surface area contributed by atoms with E-state index in [4.69, 9.17) is 16.6 Å². The summed E-state index contributed by atoms with van der Waals surface area (Å²) in [5.74, 6) is 1.28. The molecule has 1 aromatic carbocycles. The van der Waals surface area contributed by atoms with Crippen molar-refractivity contribution in [2.75, 3.05) is 16.4 Å². The number of hydrogen-bond acceptors (Lipinski definition) is 5. The number of benzene rings is 1. The second-order valence-corrected chi connectivity index (χ2v) is 8.64. The molecule has 7 heteroatoms. The van der Waals surface area contributed by atoms with Gasteiger partial charge in [-0.2, -0.15) is 0 Å². The lowest BCUT2D eigenvalue weighted by Crippen LogP contribution is -2.19. The minimum atomic E-state index is -0.0420. The number of aryl methyl sites for hydroxylation is 1. The number of thioether (sulfide) groups is 1. The molecule has 2 heterocycles. The van der Waals surface area contributed by atoms with Crippen molar-refractivity contribution in [3.05, 3.63) is 45.3 Å². The normalized spacial score (nSPS) is 15.8. The smallest absolute Gasteiger partial charge is 0.234 e. The van der Waals surface area contributed by atoms with Crippen molar-refractivity contribution in [2.45, 2.75) is 39.0 Å². The number of nitrogens with one attached hydrogen (secondary N) is 2. The highest BCUT2D eigenvalue weighted by molar-refractivity contribution is 8.00. The molecule has 1 unspecified atom stereocenters. The number of rotatable bonds is 6. The van der Waals surface area contributed by atoms with Crippen LogP contribution in [-0.2, 0) is 11.2 Å². The Labute approximate surface area is 167 Å². The summed E-state index contributed by atoms with van der Waals surface area (Å²) in [6.07, 6.45) is 1.86. The van der Waals surface area contributed by atoms with E-state index < -0.39 is 0 Å². The molecule has 2 N–H and O–H groups in total. The molecular formula is C19H22ClN3OS2. The molecule has 138 valence electrons. The maximum absolute atomic E-state index is 12.4. The largest absolute Gasteiger partial charge is 0.335 e. The second kappa shape index (κ2) is 8.46. The first-order chi connectivity index (χ1) is 12.5. The Morgan fingerprint density at radius 2 is 2.19 bits per heavy atom. The van der Waals surface area contributed by atoms with Gasteiger partial charge in [-0.3, -0.25) is 9.79 Å². The van der Waals surface area contributed by atoms with Crippen LogP contribution in [0, 0.1) is 6.92 Å². The van der Waals surface area contributed by atoms with Gasteiger partial charge in [-0.25, -0.2) is 0 Å². The summed E-state index contributed by atoms with van der Waals surface area (Å²) in [5.41, 5.74) is 2.82. The van der Waals surface area contributed by atoms with Crippen LogP contribution in [0.3, 0.4) is 0 Å². The molecule has 0 spiro atoms. The Hall–Kier alpha value is -1.50. The summed E-state index contributed by atoms with van der Waals surface area (Å²) in [4.78, 5) is 18.5. The SMILES string of the molecule is CCC1=NC(SCC(=O)Nc2cccc(Cl)c2C)c2cc(CC)sc2N1. The summed E-state index contributed by atoms with van der Waals surface area (Å²) in [5, 5.41) is 8.14. The average molecular weight is 408 g/mol. The maximum Gasteiger partial charge on any atom is 0.234 e. The summed E-state index contributed by atoms with van der Waals surface area (Å²) >= 11 is 9.45. The number of anilines is 2. The lowest BCUT2D eigenvalue weighted by molar-refractivity contribution is -0.113. The molecule has 4 nitrogen and oxygen atoms in total. The highest BCUT2D eigenvalue weighted by atomic mass is 35.5. The van der Waals surface area contributed by atoms with Crippen molar-refractivity contribution in [1.82, 2.24) is 0 Å². The van der Waals surface area contributed by atoms with Crippen molar-refractivity contribution < 1.29 is 4.79 Å². The van der Waals surface area contributed by atoms with Crippen molar-refractivity contribution in [1.29, 1.82) is 0 Å². The van der Waals surface area contributed by atoms with Gasteiger partial charge in [0.2, 0.25) is 5.91 Å². The zero-order valence-electron chi connectivity index (χ0n) is 15.1. The van der Waals surface area contributed by atoms with E-state index in [1.54, 1.807) is 23.1 Å². The molecule has 1 amide bonds. The van der Waals surface area contributed by atoms with Crippen LogP contribution in [-0.4, -0.2) is 17.5 Å². The van der Waals surface area contributed by atoms with Crippen LogP contribution in [0.4, 0.5) is 10.7 Å². The quantitative estimate of drug-likeness (QED) is 0.628. The molecule has 1 aromatic heterocycles. The van der Waals surface area contributed by atoms with E-state index in [9.17, 15) is 4.79 Å². The first-order valence-electron chi connectivity index (χ1n) is 8.64. The number of nitrogens with zero attached hydrogens (tertiary/aromatic N) is 1. The number of carbonyl (C=O) groups is 1. The Kier molecular flexibility index (Phi) is 6.27. The maximum atomic E-state index is 12.4. The molecular weight excluding hydrogens is 386 g/mol. The highest BCUT2D eigenvalue weighted by Crippen LogP contribution is 2.43. The average Bonchev–Trinajstić information content (AvgIpc) is 3.06. The molecule has 1 atom stereocenters. The summed E-state index contributed by atoms with van der Waals surface area (Å²) in [6.45, 7) is 6.14. The van der Waals surface area contributed by atoms with E-state index in [0.29, 0.717) is 10.8 Å². The fourth-order valence-corrected chi connectivity index (χ4v) is 4.93. The van der Waals surface area contributed by atoms with Gasteiger partial charge in [0.25, 0.3) is 0 Å². The fourth-order valence-electron chi connectivity index (χ4n) is 2.68. The van der Waals surface area contributed by atoms with E-state index in [-0.39, 0.29) is 11.3 Å². The van der Waals surface area contributed by atoms with Crippen LogP contribution in [0.25, 0.3) is 0 Å². The third-order valence-corrected chi connectivity index (χ3v) is 6.93. The third-order valence-electron chi connectivity index (χ3n) is 4.21. The topological polar surface area (TPSA) is 53.5 Å². The van der Waals surface area contributed by atoms with Gasteiger partial charge in [-0.15, -0.1) is 23.1 Å². The lowest BCUT2D eigenvalue weighted by atomic mass is 10.2. The molecule has 0 saturated carbocycles. The predicted molar refractivity (Wildman–Crippen MR) is 115 cm³/mol. The lowest BCUT2D eigenvalue weighted by Gasteiger charge is -2.21. The van der Waals surface area contributed by atoms with Gasteiger partial charge in [0.1, 0.15) is 16.2 Å². The number of carbonyl (C=O) groups excluding carboxylic acids is 1. The van der Waals surface area contributed by atoms with Crippen LogP contribution in [0.2, 0.25) is 5.02 Å². The Morgan fingerprint density at radius 1 is 1.38 bits per heavy atom. The number of halogens is 1. The first kappa shape index (κ1) is 19.3. The van der Waals surface area contributed by atoms with E-state index in [1.807, 2.05) is 25.1 Å². The zero-order valence-corrected chi connectivity index (χ0v) is 17.4. The summed E-state index contributed by atoms with van der Waals surface area (Å²) < 4.78 is 0. The minimum Gasteiger partial charge on any atom is -0.335 e. The van der Waals surface area contributed by atoms with Crippen molar-refractivity contribution >= 4 is 57.1 Å². The van der Waals surface area contributed by atoms with Crippen LogP contribution in [0.15, 0.2) is 29.3 Å². The van der Waals surface area contributed by atoms with Crippen molar-refractivity contribution in [3.63, 3.8) is 0 Å². The third kappa shape index (κ3) is 4.24. The van der Waals surface area contributed by atoms with Crippen LogP contribution >= 0.6 is 34.7 Å². The summed E-state index contributed by atoms with van der Waals surface area (Å²) in [7, 11) is 0. The van der Waals surface area contributed by atoms with Gasteiger partial charge in [0.15, 0.2) is 0 Å². The van der Waals surface area contributed by atoms with E-state index >= 15 is 0 Å². The van der Waals surface area contributed by atoms with Gasteiger partial charge in [0.05, 0.1) is 5.75 Å². The molecule has 1 aliphatic rings. The molecule has 0 radical (unpaired) electrons. The van der Waals surface area contributed by atoms with Crippen LogP contribution < -0.4 is 10.6 Å². The number of amides is 1. The van der Waals surface area contributed by atoms with Gasteiger partial charge in [0, 0.05) is 27.6 Å². The zero-order chi connectivity index (χ0) is 18.7. The Bertz CT molecular complexity index is 847. The Morgan fingerprint density at radius 3 is 2.92 bits per heavy atom. The molecule has 0 aliphatic carbocycles. The first-order valence-corrected chi connectivity index (χ1v) is 10.9. The minimum absolute atomic E-state index is 0.0380. The fraction of sp³-hybridized carbons (Fsp3) is 0.368. The van der Waals surface area contributed by atoms with Crippen molar-refractivity contribution in [2.24, 2.45) is 4.99 Å². The second-order valence-electron chi connectivity index (χ2n) is 6.03. The predicted octanol–water partition coefficient (Wildman–Crippen LogP) is 5.88. The number of fused-ring (bicyclic) bond motifs is 1. The van der Waals surface area contributed by atoms with E-state index in [0.717, 1.165) is 34.9 Å². The van der Waals surface area contributed by atoms with Gasteiger partial charge >= 0.3 is 0 Å². The van der Waals surface area contributed by atoms with Gasteiger partial charge in [-0.05, 0) is 37.1 Å². The monoisotopic (exact) mass is 407 g/mol. The van der Waals surface area contributed by atoms with Crippen LogP contribution in [0.1, 0.15) is 41.6 Å². The van der Waals surface area contributed by atoms with E-state index in [2.05, 4.69) is 30.5 Å². The van der Waals surface area contributed by atoms with Gasteiger partial charge in [-0.1, -0.05) is 31.5 Å². The van der Waals surface area contributed by atoms with Gasteiger partial charge < -0.3 is 10.6 Å². The molecule has 0 fully saturated rings. The number of hydrogen-bond donors (Lipinski definition) is 2. The molecule has 0 saturated heterocycles. The number of thiophene rings is 1. The van der Waals surface area contributed by atoms with E-state index in [1.165, 1.54) is 10.4 Å².